The van der Waals surface area contributed by atoms with Crippen LogP contribution in [0.5, 0.6) is 0 Å². The first-order valence-corrected chi connectivity index (χ1v) is 12.0. The van der Waals surface area contributed by atoms with Gasteiger partial charge in [-0.2, -0.15) is 5.10 Å². The Bertz CT molecular complexity index is 1430. The molecule has 3 aromatic carbocycles. The van der Waals surface area contributed by atoms with Gasteiger partial charge in [0, 0.05) is 36.3 Å². The minimum absolute atomic E-state index is 0.198. The van der Waals surface area contributed by atoms with E-state index in [4.69, 9.17) is 16.3 Å². The number of alkyl halides is 1. The molecule has 178 valence electrons. The first-order chi connectivity index (χ1) is 17.1. The molecule has 4 aromatic rings. The summed E-state index contributed by atoms with van der Waals surface area (Å²) in [6.07, 6.45) is 0.505. The summed E-state index contributed by atoms with van der Waals surface area (Å²) in [5, 5.41) is 11.4. The number of hydrogen-bond acceptors (Lipinski definition) is 5. The fourth-order valence-corrected chi connectivity index (χ4v) is 4.53. The Morgan fingerprint density at radius 2 is 1.80 bits per heavy atom. The number of nitrogens with one attached hydrogen (secondary N) is 2. The second-order valence-electron chi connectivity index (χ2n) is 8.46. The highest BCUT2D eigenvalue weighted by molar-refractivity contribution is 6.17. The van der Waals surface area contributed by atoms with Gasteiger partial charge in [-0.15, -0.1) is 11.6 Å². The Labute approximate surface area is 207 Å². The lowest BCUT2D eigenvalue weighted by atomic mass is 10.0. The maximum absolute atomic E-state index is 13.1. The summed E-state index contributed by atoms with van der Waals surface area (Å²) in [4.78, 5) is 27.5. The standard InChI is InChI=1S/C27H25ClN4O3/c28-17-19-4-3-5-20(14-19)26(33)29-24-16-18(8-9-25(24)32-10-12-35-13-11-32)15-23-21-6-1-2-7-22(21)27(34)31-30-23/h1-9,14,16H,10-13,15,17H2,(H,29,33)(H,31,34). The Morgan fingerprint density at radius 3 is 2.60 bits per heavy atom. The van der Waals surface area contributed by atoms with Gasteiger partial charge >= 0.3 is 0 Å². The largest absolute Gasteiger partial charge is 0.378 e. The molecule has 1 aliphatic rings. The van der Waals surface area contributed by atoms with Crippen LogP contribution in [0.15, 0.2) is 71.5 Å². The SMILES string of the molecule is O=C(Nc1cc(Cc2n[nH]c(=O)c3ccccc23)ccc1N1CCOCC1)c1cccc(CCl)c1. The van der Waals surface area contributed by atoms with Crippen molar-refractivity contribution in [2.45, 2.75) is 12.3 Å². The highest BCUT2D eigenvalue weighted by Crippen LogP contribution is 2.30. The predicted octanol–water partition coefficient (Wildman–Crippen LogP) is 4.34. The van der Waals surface area contributed by atoms with Crippen LogP contribution >= 0.6 is 11.6 Å². The summed E-state index contributed by atoms with van der Waals surface area (Å²) in [6, 6.07) is 20.8. The molecule has 2 heterocycles. The lowest BCUT2D eigenvalue weighted by molar-refractivity contribution is 0.102. The number of benzene rings is 3. The summed E-state index contributed by atoms with van der Waals surface area (Å²) in [5.74, 6) is 0.145. The summed E-state index contributed by atoms with van der Waals surface area (Å²) in [5.41, 5.74) is 4.63. The highest BCUT2D eigenvalue weighted by atomic mass is 35.5. The van der Waals surface area contributed by atoms with E-state index in [1.165, 1.54) is 0 Å². The Morgan fingerprint density at radius 1 is 1.00 bits per heavy atom. The van der Waals surface area contributed by atoms with Crippen LogP contribution in [0.2, 0.25) is 0 Å². The van der Waals surface area contributed by atoms with Crippen LogP contribution in [0.4, 0.5) is 11.4 Å². The number of anilines is 2. The average molecular weight is 489 g/mol. The number of aromatic nitrogens is 2. The van der Waals surface area contributed by atoms with Gasteiger partial charge in [-0.05, 0) is 41.5 Å². The van der Waals surface area contributed by atoms with Crippen LogP contribution in [0.25, 0.3) is 10.8 Å². The third-order valence-corrected chi connectivity index (χ3v) is 6.46. The van der Waals surface area contributed by atoms with Gasteiger partial charge < -0.3 is 15.0 Å². The zero-order valence-corrected chi connectivity index (χ0v) is 19.8. The number of aromatic amines is 1. The van der Waals surface area contributed by atoms with Crippen LogP contribution in [0.3, 0.4) is 0 Å². The topological polar surface area (TPSA) is 87.3 Å². The zero-order valence-electron chi connectivity index (χ0n) is 19.1. The first-order valence-electron chi connectivity index (χ1n) is 11.5. The van der Waals surface area contributed by atoms with Gasteiger partial charge in [0.05, 0.1) is 35.7 Å². The van der Waals surface area contributed by atoms with Crippen molar-refractivity contribution < 1.29 is 9.53 Å². The van der Waals surface area contributed by atoms with Crippen molar-refractivity contribution in [1.82, 2.24) is 10.2 Å². The van der Waals surface area contributed by atoms with E-state index in [-0.39, 0.29) is 11.5 Å². The molecule has 0 aliphatic carbocycles. The van der Waals surface area contributed by atoms with Crippen LogP contribution in [0.1, 0.15) is 27.2 Å². The summed E-state index contributed by atoms with van der Waals surface area (Å²) < 4.78 is 5.51. The molecular weight excluding hydrogens is 464 g/mol. The zero-order chi connectivity index (χ0) is 24.2. The number of halogens is 1. The van der Waals surface area contributed by atoms with Gasteiger partial charge in [0.1, 0.15) is 0 Å². The van der Waals surface area contributed by atoms with Gasteiger partial charge in [-0.3, -0.25) is 9.59 Å². The molecule has 8 heteroatoms. The van der Waals surface area contributed by atoms with Gasteiger partial charge in [0.2, 0.25) is 0 Å². The molecule has 0 radical (unpaired) electrons. The Hall–Kier alpha value is -3.68. The van der Waals surface area contributed by atoms with E-state index in [1.54, 1.807) is 18.2 Å². The van der Waals surface area contributed by atoms with E-state index in [1.807, 2.05) is 48.5 Å². The van der Waals surface area contributed by atoms with E-state index in [2.05, 4.69) is 20.4 Å². The normalized spacial score (nSPS) is 13.7. The summed E-state index contributed by atoms with van der Waals surface area (Å²) in [6.45, 7) is 2.77. The van der Waals surface area contributed by atoms with Crippen molar-refractivity contribution in [1.29, 1.82) is 0 Å². The minimum Gasteiger partial charge on any atom is -0.378 e. The smallest absolute Gasteiger partial charge is 0.272 e. The second-order valence-corrected chi connectivity index (χ2v) is 8.73. The third kappa shape index (κ3) is 5.06. The molecule has 7 nitrogen and oxygen atoms in total. The number of hydrogen-bond donors (Lipinski definition) is 2. The molecular formula is C27H25ClN4O3. The molecule has 35 heavy (non-hydrogen) atoms. The van der Waals surface area contributed by atoms with Gasteiger partial charge in [0.15, 0.2) is 0 Å². The number of fused-ring (bicyclic) bond motifs is 1. The number of H-pyrrole nitrogens is 1. The summed E-state index contributed by atoms with van der Waals surface area (Å²) in [7, 11) is 0. The van der Waals surface area contributed by atoms with E-state index in [0.717, 1.165) is 46.7 Å². The maximum atomic E-state index is 13.1. The second kappa shape index (κ2) is 10.3. The fraction of sp³-hybridized carbons (Fsp3) is 0.222. The molecule has 0 atom stereocenters. The van der Waals surface area contributed by atoms with Crippen molar-refractivity contribution in [2.75, 3.05) is 36.5 Å². The van der Waals surface area contributed by atoms with E-state index in [9.17, 15) is 9.59 Å². The molecule has 0 spiro atoms. The molecule has 1 aliphatic heterocycles. The highest BCUT2D eigenvalue weighted by Gasteiger charge is 2.18. The van der Waals surface area contributed by atoms with Gasteiger partial charge in [0.25, 0.3) is 11.5 Å². The number of carbonyl (C=O) groups excluding carboxylic acids is 1. The molecule has 1 fully saturated rings. The van der Waals surface area contributed by atoms with Crippen LogP contribution < -0.4 is 15.8 Å². The molecule has 0 bridgehead atoms. The number of rotatable bonds is 6. The van der Waals surface area contributed by atoms with E-state index >= 15 is 0 Å². The predicted molar refractivity (Wildman–Crippen MR) is 139 cm³/mol. The van der Waals surface area contributed by atoms with E-state index < -0.39 is 0 Å². The lowest BCUT2D eigenvalue weighted by Gasteiger charge is -2.31. The molecule has 1 saturated heterocycles. The minimum atomic E-state index is -0.209. The fourth-order valence-electron chi connectivity index (χ4n) is 4.36. The quantitative estimate of drug-likeness (QED) is 0.394. The van der Waals surface area contributed by atoms with Gasteiger partial charge in [-0.1, -0.05) is 36.4 Å². The first kappa shape index (κ1) is 23.1. The number of morpholine rings is 1. The van der Waals surface area contributed by atoms with Crippen LogP contribution in [-0.2, 0) is 17.0 Å². The number of carbonyl (C=O) groups is 1. The van der Waals surface area contributed by atoms with Crippen LogP contribution in [0, 0.1) is 0 Å². The molecule has 1 amide bonds. The van der Waals surface area contributed by atoms with Gasteiger partial charge in [-0.25, -0.2) is 5.10 Å². The van der Waals surface area contributed by atoms with E-state index in [0.29, 0.717) is 36.5 Å². The van der Waals surface area contributed by atoms with Crippen molar-refractivity contribution in [3.63, 3.8) is 0 Å². The molecule has 0 saturated carbocycles. The van der Waals surface area contributed by atoms with Crippen molar-refractivity contribution >= 4 is 39.7 Å². The Balaban J connectivity index is 1.49. The average Bonchev–Trinajstić information content (AvgIpc) is 2.91. The van der Waals surface area contributed by atoms with Crippen LogP contribution in [-0.4, -0.2) is 42.4 Å². The number of ether oxygens (including phenoxy) is 1. The van der Waals surface area contributed by atoms with Crippen molar-refractivity contribution in [3.8, 4) is 0 Å². The molecule has 5 rings (SSSR count). The third-order valence-electron chi connectivity index (χ3n) is 6.15. The molecule has 1 aromatic heterocycles. The van der Waals surface area contributed by atoms with Crippen molar-refractivity contribution in [2.24, 2.45) is 0 Å². The lowest BCUT2D eigenvalue weighted by Crippen LogP contribution is -2.36. The maximum Gasteiger partial charge on any atom is 0.272 e. The number of nitrogens with zero attached hydrogens (tertiary/aromatic N) is 2. The number of amides is 1. The monoisotopic (exact) mass is 488 g/mol. The molecule has 2 N–H and O–H groups in total. The molecule has 0 unspecified atom stereocenters. The Kier molecular flexibility index (Phi) is 6.79. The summed E-state index contributed by atoms with van der Waals surface area (Å²) >= 11 is 5.96. The van der Waals surface area contributed by atoms with Crippen molar-refractivity contribution in [3.05, 3.63) is 99.5 Å².